The van der Waals surface area contributed by atoms with Crippen LogP contribution in [0.3, 0.4) is 0 Å². The Labute approximate surface area is 183 Å². The molecule has 12 heteroatoms. The van der Waals surface area contributed by atoms with Gasteiger partial charge in [-0.2, -0.15) is 21.6 Å². The van der Waals surface area contributed by atoms with Gasteiger partial charge in [0.15, 0.2) is 5.03 Å². The number of hydrogen-bond acceptors (Lipinski definition) is 5. The van der Waals surface area contributed by atoms with E-state index >= 15 is 0 Å². The number of hydrogen-bond donors (Lipinski definition) is 3. The van der Waals surface area contributed by atoms with Crippen LogP contribution in [0.25, 0.3) is 0 Å². The number of aromatic nitrogens is 1. The minimum atomic E-state index is -4.68. The molecule has 5 N–H and O–H groups in total. The highest BCUT2D eigenvalue weighted by Crippen LogP contribution is 2.33. The molecule has 2 rings (SSSR count). The summed E-state index contributed by atoms with van der Waals surface area (Å²) in [4.78, 5) is 27.5. The second kappa shape index (κ2) is 9.55. The van der Waals surface area contributed by atoms with Gasteiger partial charge in [0.1, 0.15) is 0 Å². The molecule has 0 saturated heterocycles. The first kappa shape index (κ1) is 25.1. The fourth-order valence-electron chi connectivity index (χ4n) is 3.25. The number of amides is 2. The Balaban J connectivity index is 2.73. The molecule has 0 atom stereocenters. The lowest BCUT2D eigenvalue weighted by atomic mass is 9.90. The third kappa shape index (κ3) is 5.36. The van der Waals surface area contributed by atoms with Gasteiger partial charge < -0.3 is 11.5 Å². The molecular formula is C20H23F3N4O4S. The Morgan fingerprint density at radius 2 is 1.50 bits per heavy atom. The van der Waals surface area contributed by atoms with Crippen molar-refractivity contribution in [2.24, 2.45) is 11.5 Å². The van der Waals surface area contributed by atoms with Gasteiger partial charge in [-0.15, -0.1) is 0 Å². The van der Waals surface area contributed by atoms with Crippen LogP contribution in [0.2, 0.25) is 0 Å². The van der Waals surface area contributed by atoms with E-state index in [4.69, 9.17) is 11.5 Å². The molecule has 32 heavy (non-hydrogen) atoms. The van der Waals surface area contributed by atoms with E-state index in [9.17, 15) is 31.2 Å². The molecule has 0 bridgehead atoms. The maximum Gasteiger partial charge on any atom is 0.417 e. The number of carbonyl (C=O) groups excluding carboxylic acids is 2. The third-order valence-electron chi connectivity index (χ3n) is 4.65. The van der Waals surface area contributed by atoms with Crippen LogP contribution in [0.15, 0.2) is 29.4 Å². The Bertz CT molecular complexity index is 1090. The lowest BCUT2D eigenvalue weighted by Gasteiger charge is -2.21. The molecule has 1 aromatic carbocycles. The van der Waals surface area contributed by atoms with Crippen molar-refractivity contribution >= 4 is 27.5 Å². The van der Waals surface area contributed by atoms with Crippen LogP contribution in [-0.2, 0) is 29.0 Å². The number of benzene rings is 1. The van der Waals surface area contributed by atoms with Crippen molar-refractivity contribution in [1.82, 2.24) is 4.98 Å². The molecule has 0 saturated carbocycles. The molecule has 0 aliphatic rings. The Morgan fingerprint density at radius 1 is 1.00 bits per heavy atom. The zero-order valence-corrected chi connectivity index (χ0v) is 18.2. The van der Waals surface area contributed by atoms with Crippen molar-refractivity contribution in [3.05, 3.63) is 52.2 Å². The largest absolute Gasteiger partial charge is 0.417 e. The van der Waals surface area contributed by atoms with Crippen molar-refractivity contribution in [1.29, 1.82) is 0 Å². The van der Waals surface area contributed by atoms with Gasteiger partial charge in [-0.05, 0) is 42.2 Å². The highest BCUT2D eigenvalue weighted by Gasteiger charge is 2.32. The summed E-state index contributed by atoms with van der Waals surface area (Å²) in [5.41, 5.74) is 10.1. The van der Waals surface area contributed by atoms with Crippen molar-refractivity contribution in [3.8, 4) is 0 Å². The second-order valence-electron chi connectivity index (χ2n) is 7.02. The smallest absolute Gasteiger partial charge is 0.366 e. The molecule has 0 aliphatic heterocycles. The number of alkyl halides is 3. The molecular weight excluding hydrogens is 449 g/mol. The van der Waals surface area contributed by atoms with Crippen molar-refractivity contribution < 1.29 is 31.2 Å². The summed E-state index contributed by atoms with van der Waals surface area (Å²) in [6.45, 7) is 3.59. The fourth-order valence-corrected chi connectivity index (χ4v) is 4.30. The average Bonchev–Trinajstić information content (AvgIpc) is 2.69. The summed E-state index contributed by atoms with van der Waals surface area (Å²) in [5, 5.41) is -0.666. The monoisotopic (exact) mass is 472 g/mol. The number of anilines is 1. The van der Waals surface area contributed by atoms with Crippen LogP contribution in [0.4, 0.5) is 18.9 Å². The van der Waals surface area contributed by atoms with Gasteiger partial charge in [0.25, 0.3) is 10.0 Å². The van der Waals surface area contributed by atoms with E-state index in [1.54, 1.807) is 13.8 Å². The lowest BCUT2D eigenvalue weighted by molar-refractivity contribution is -0.137. The number of carbonyl (C=O) groups is 2. The maximum absolute atomic E-state index is 13.0. The average molecular weight is 472 g/mol. The van der Waals surface area contributed by atoms with Crippen LogP contribution >= 0.6 is 0 Å². The standard InChI is InChI=1S/C20H23F3N4O4S/c1-3-5-12-14(18(24)28)9-15(19(25)29)13(6-4-2)17(12)27-32(30,31)16-8-7-11(10-26-16)20(21,22)23/h7-10,27H,3-6H2,1-2H3,(H2,24,28)(H2,25,29). The SMILES string of the molecule is CCCc1c(C(N)=O)cc(C(N)=O)c(CCC)c1NS(=O)(=O)c1ccc(C(F)(F)F)cn1. The van der Waals surface area contributed by atoms with Crippen molar-refractivity contribution in [3.63, 3.8) is 0 Å². The molecule has 0 radical (unpaired) electrons. The summed E-state index contributed by atoms with van der Waals surface area (Å²) in [7, 11) is -4.47. The van der Waals surface area contributed by atoms with Gasteiger partial charge in [0.2, 0.25) is 11.8 Å². The lowest BCUT2D eigenvalue weighted by Crippen LogP contribution is -2.24. The topological polar surface area (TPSA) is 145 Å². The number of halogens is 3. The fraction of sp³-hybridized carbons (Fsp3) is 0.350. The molecule has 1 aromatic heterocycles. The van der Waals surface area contributed by atoms with Gasteiger partial charge in [0, 0.05) is 17.3 Å². The molecule has 8 nitrogen and oxygen atoms in total. The van der Waals surface area contributed by atoms with Gasteiger partial charge in [0.05, 0.1) is 11.3 Å². The minimum Gasteiger partial charge on any atom is -0.366 e. The third-order valence-corrected chi connectivity index (χ3v) is 5.91. The van der Waals surface area contributed by atoms with Crippen LogP contribution in [-0.4, -0.2) is 25.2 Å². The van der Waals surface area contributed by atoms with Crippen LogP contribution < -0.4 is 16.2 Å². The van der Waals surface area contributed by atoms with Crippen LogP contribution in [0.1, 0.15) is 64.1 Å². The zero-order chi connectivity index (χ0) is 24.3. The minimum absolute atomic E-state index is 0.0412. The first-order valence-electron chi connectivity index (χ1n) is 9.67. The first-order chi connectivity index (χ1) is 14.8. The Morgan fingerprint density at radius 3 is 1.84 bits per heavy atom. The number of nitrogens with one attached hydrogen (secondary N) is 1. The van der Waals surface area contributed by atoms with E-state index in [1.807, 2.05) is 0 Å². The van der Waals surface area contributed by atoms with E-state index in [2.05, 4.69) is 9.71 Å². The summed E-state index contributed by atoms with van der Waals surface area (Å²) in [5.74, 6) is -1.76. The Hall–Kier alpha value is -3.15. The van der Waals surface area contributed by atoms with Crippen LogP contribution in [0.5, 0.6) is 0 Å². The van der Waals surface area contributed by atoms with E-state index < -0.39 is 38.6 Å². The quantitative estimate of drug-likeness (QED) is 0.514. The summed E-state index contributed by atoms with van der Waals surface area (Å²) >= 11 is 0. The van der Waals surface area contributed by atoms with E-state index in [0.717, 1.165) is 6.07 Å². The summed E-state index contributed by atoms with van der Waals surface area (Å²) in [6.07, 6.45) is -2.77. The molecule has 174 valence electrons. The van der Waals surface area contributed by atoms with Gasteiger partial charge in [-0.25, -0.2) is 4.98 Å². The van der Waals surface area contributed by atoms with E-state index in [0.29, 0.717) is 25.1 Å². The molecule has 2 amide bonds. The number of rotatable bonds is 9. The summed E-state index contributed by atoms with van der Waals surface area (Å²) in [6, 6.07) is 2.56. The van der Waals surface area contributed by atoms with Gasteiger partial charge in [-0.1, -0.05) is 26.7 Å². The second-order valence-corrected chi connectivity index (χ2v) is 8.65. The van der Waals surface area contributed by atoms with Gasteiger partial charge >= 0.3 is 6.18 Å². The van der Waals surface area contributed by atoms with E-state index in [-0.39, 0.29) is 40.8 Å². The Kier molecular flexibility index (Phi) is 7.50. The number of sulfonamides is 1. The number of nitrogens with two attached hydrogens (primary N) is 2. The molecule has 0 fully saturated rings. The molecule has 1 heterocycles. The van der Waals surface area contributed by atoms with Crippen LogP contribution in [0, 0.1) is 0 Å². The predicted molar refractivity (Wildman–Crippen MR) is 112 cm³/mol. The van der Waals surface area contributed by atoms with Crippen molar-refractivity contribution in [2.75, 3.05) is 4.72 Å². The highest BCUT2D eigenvalue weighted by molar-refractivity contribution is 7.92. The zero-order valence-electron chi connectivity index (χ0n) is 17.4. The van der Waals surface area contributed by atoms with Crippen molar-refractivity contribution in [2.45, 2.75) is 50.7 Å². The number of pyridine rings is 1. The first-order valence-corrected chi connectivity index (χ1v) is 11.2. The van der Waals surface area contributed by atoms with E-state index in [1.165, 1.54) is 6.07 Å². The summed E-state index contributed by atoms with van der Waals surface area (Å²) < 4.78 is 66.6. The number of primary amides is 2. The molecule has 0 aliphatic carbocycles. The maximum atomic E-state index is 13.0. The predicted octanol–water partition coefficient (Wildman–Crippen LogP) is 3.00. The highest BCUT2D eigenvalue weighted by atomic mass is 32.2. The molecule has 2 aromatic rings. The molecule has 0 unspecified atom stereocenters. The number of nitrogens with zero attached hydrogens (tertiary/aromatic N) is 1. The normalized spacial score (nSPS) is 11.9. The van der Waals surface area contributed by atoms with Gasteiger partial charge in [-0.3, -0.25) is 14.3 Å². The molecule has 0 spiro atoms.